The van der Waals surface area contributed by atoms with Crippen molar-refractivity contribution in [2.75, 3.05) is 17.2 Å². The van der Waals surface area contributed by atoms with Gasteiger partial charge >= 0.3 is 0 Å². The molecule has 2 heterocycles. The fourth-order valence-corrected chi connectivity index (χ4v) is 2.40. The van der Waals surface area contributed by atoms with Crippen LogP contribution in [0.2, 0.25) is 5.02 Å². The highest BCUT2D eigenvalue weighted by Gasteiger charge is 2.09. The molecule has 6 nitrogen and oxygen atoms in total. The number of hydrogen-bond donors (Lipinski definition) is 2. The number of halogens is 1. The number of rotatable bonds is 6. The summed E-state index contributed by atoms with van der Waals surface area (Å²) >= 11 is 6.05. The molecule has 3 aromatic rings. The van der Waals surface area contributed by atoms with Crippen molar-refractivity contribution in [3.8, 4) is 0 Å². The Balaban J connectivity index is 1.87. The molecule has 2 N–H and O–H groups in total. The third kappa shape index (κ3) is 3.53. The van der Waals surface area contributed by atoms with Crippen molar-refractivity contribution in [1.82, 2.24) is 19.6 Å². The van der Waals surface area contributed by atoms with Crippen LogP contribution in [0.25, 0.3) is 5.78 Å². The third-order valence-electron chi connectivity index (χ3n) is 3.52. The van der Waals surface area contributed by atoms with Gasteiger partial charge in [0.15, 0.2) is 0 Å². The van der Waals surface area contributed by atoms with Crippen LogP contribution >= 0.6 is 11.6 Å². The largest absolute Gasteiger partial charge is 0.370 e. The Morgan fingerprint density at radius 2 is 2.13 bits per heavy atom. The Morgan fingerprint density at radius 3 is 2.96 bits per heavy atom. The molecule has 0 radical (unpaired) electrons. The summed E-state index contributed by atoms with van der Waals surface area (Å²) in [6.07, 6.45) is 3.97. The number of aryl methyl sites for hydroxylation is 1. The molecular formula is C16H19ClN6. The van der Waals surface area contributed by atoms with E-state index >= 15 is 0 Å². The lowest BCUT2D eigenvalue weighted by atomic mass is 10.2. The number of nitrogens with one attached hydrogen (secondary N) is 2. The summed E-state index contributed by atoms with van der Waals surface area (Å²) in [5, 5.41) is 11.7. The van der Waals surface area contributed by atoms with E-state index in [9.17, 15) is 0 Å². The van der Waals surface area contributed by atoms with Crippen molar-refractivity contribution in [3.05, 3.63) is 41.0 Å². The molecule has 0 saturated carbocycles. The van der Waals surface area contributed by atoms with E-state index in [-0.39, 0.29) is 0 Å². The smallest absolute Gasteiger partial charge is 0.255 e. The van der Waals surface area contributed by atoms with E-state index in [1.54, 1.807) is 10.7 Å². The van der Waals surface area contributed by atoms with Crippen LogP contribution in [0.1, 0.15) is 25.3 Å². The molecule has 0 bridgehead atoms. The van der Waals surface area contributed by atoms with Crippen LogP contribution in [0, 0.1) is 6.92 Å². The lowest BCUT2D eigenvalue weighted by Crippen LogP contribution is -2.07. The van der Waals surface area contributed by atoms with Gasteiger partial charge in [0.25, 0.3) is 5.78 Å². The fourth-order valence-electron chi connectivity index (χ4n) is 2.22. The van der Waals surface area contributed by atoms with Gasteiger partial charge in [-0.25, -0.2) is 4.98 Å². The van der Waals surface area contributed by atoms with Gasteiger partial charge in [-0.15, -0.1) is 5.10 Å². The van der Waals surface area contributed by atoms with Crippen molar-refractivity contribution in [1.29, 1.82) is 0 Å². The number of fused-ring (bicyclic) bond motifs is 1. The molecule has 0 fully saturated rings. The number of aromatic nitrogens is 4. The lowest BCUT2D eigenvalue weighted by Gasteiger charge is -2.06. The van der Waals surface area contributed by atoms with Crippen molar-refractivity contribution in [3.63, 3.8) is 0 Å². The maximum Gasteiger partial charge on any atom is 0.255 e. The van der Waals surface area contributed by atoms with Crippen LogP contribution < -0.4 is 10.6 Å². The summed E-state index contributed by atoms with van der Waals surface area (Å²) in [6.45, 7) is 5.06. The molecule has 120 valence electrons. The van der Waals surface area contributed by atoms with Gasteiger partial charge in [-0.05, 0) is 37.1 Å². The van der Waals surface area contributed by atoms with Gasteiger partial charge in [0.1, 0.15) is 5.82 Å². The average molecular weight is 331 g/mol. The zero-order valence-electron chi connectivity index (χ0n) is 13.2. The van der Waals surface area contributed by atoms with Gasteiger partial charge in [0.05, 0.1) is 0 Å². The van der Waals surface area contributed by atoms with Gasteiger partial charge in [-0.2, -0.15) is 9.50 Å². The molecule has 1 aromatic carbocycles. The van der Waals surface area contributed by atoms with Crippen molar-refractivity contribution < 1.29 is 0 Å². The van der Waals surface area contributed by atoms with Gasteiger partial charge < -0.3 is 10.6 Å². The monoisotopic (exact) mass is 330 g/mol. The first-order chi connectivity index (χ1) is 11.2. The molecule has 3 rings (SSSR count). The number of benzene rings is 1. The second-order valence-electron chi connectivity index (χ2n) is 5.34. The summed E-state index contributed by atoms with van der Waals surface area (Å²) in [4.78, 5) is 8.67. The highest BCUT2D eigenvalue weighted by atomic mass is 35.5. The second-order valence-corrected chi connectivity index (χ2v) is 5.78. The maximum atomic E-state index is 6.05. The van der Waals surface area contributed by atoms with E-state index in [2.05, 4.69) is 32.6 Å². The predicted molar refractivity (Wildman–Crippen MR) is 93.7 cm³/mol. The zero-order chi connectivity index (χ0) is 16.2. The normalized spacial score (nSPS) is 10.9. The molecule has 23 heavy (non-hydrogen) atoms. The van der Waals surface area contributed by atoms with Gasteiger partial charge in [-0.1, -0.05) is 31.0 Å². The molecule has 2 aromatic heterocycles. The molecule has 0 aliphatic rings. The Labute approximate surface area is 139 Å². The topological polar surface area (TPSA) is 67.1 Å². The molecule has 7 heteroatoms. The van der Waals surface area contributed by atoms with Crippen LogP contribution in [-0.2, 0) is 0 Å². The van der Waals surface area contributed by atoms with E-state index in [0.29, 0.717) is 16.7 Å². The summed E-state index contributed by atoms with van der Waals surface area (Å²) in [7, 11) is 0. The minimum Gasteiger partial charge on any atom is -0.370 e. The molecular weight excluding hydrogens is 312 g/mol. The highest BCUT2D eigenvalue weighted by Crippen LogP contribution is 2.23. The Hall–Kier alpha value is -2.34. The lowest BCUT2D eigenvalue weighted by molar-refractivity contribution is 0.820. The van der Waals surface area contributed by atoms with Gasteiger partial charge in [-0.3, -0.25) is 0 Å². The Kier molecular flexibility index (Phi) is 4.62. The second kappa shape index (κ2) is 6.83. The summed E-state index contributed by atoms with van der Waals surface area (Å²) < 4.78 is 1.71. The SMILES string of the molecule is CCCCNc1ccnc2nc(Nc3cc(Cl)ccc3C)nn12. The van der Waals surface area contributed by atoms with E-state index in [1.807, 2.05) is 31.2 Å². The number of unbranched alkanes of at least 4 members (excludes halogenated alkanes) is 1. The summed E-state index contributed by atoms with van der Waals surface area (Å²) in [5.41, 5.74) is 1.96. The van der Waals surface area contributed by atoms with Crippen LogP contribution in [0.4, 0.5) is 17.5 Å². The average Bonchev–Trinajstić information content (AvgIpc) is 2.94. The molecule has 0 spiro atoms. The Bertz CT molecular complexity index is 813. The molecule has 0 saturated heterocycles. The van der Waals surface area contributed by atoms with E-state index < -0.39 is 0 Å². The van der Waals surface area contributed by atoms with Crippen molar-refractivity contribution in [2.45, 2.75) is 26.7 Å². The number of anilines is 3. The van der Waals surface area contributed by atoms with Gasteiger partial charge in [0.2, 0.25) is 5.95 Å². The molecule has 0 unspecified atom stereocenters. The van der Waals surface area contributed by atoms with E-state index in [4.69, 9.17) is 11.6 Å². The van der Waals surface area contributed by atoms with Gasteiger partial charge in [0, 0.05) is 23.5 Å². The van der Waals surface area contributed by atoms with Crippen LogP contribution in [0.15, 0.2) is 30.5 Å². The summed E-state index contributed by atoms with van der Waals surface area (Å²) in [6, 6.07) is 7.56. The molecule has 0 atom stereocenters. The minimum absolute atomic E-state index is 0.493. The van der Waals surface area contributed by atoms with E-state index in [1.165, 1.54) is 0 Å². The summed E-state index contributed by atoms with van der Waals surface area (Å²) in [5.74, 6) is 1.92. The van der Waals surface area contributed by atoms with Crippen molar-refractivity contribution in [2.24, 2.45) is 0 Å². The first-order valence-electron chi connectivity index (χ1n) is 7.66. The fraction of sp³-hybridized carbons (Fsp3) is 0.312. The van der Waals surface area contributed by atoms with Crippen LogP contribution in [-0.4, -0.2) is 26.1 Å². The predicted octanol–water partition coefficient (Wildman–Crippen LogP) is 4.04. The van der Waals surface area contributed by atoms with E-state index in [0.717, 1.165) is 36.5 Å². The third-order valence-corrected chi connectivity index (χ3v) is 3.76. The standard InChI is InChI=1S/C16H19ClN6/c1-3-4-8-18-14-7-9-19-16-21-15(22-23(14)16)20-13-10-12(17)6-5-11(13)2/h5-7,9-10,18H,3-4,8H2,1-2H3,(H,20,22). The molecule has 0 aliphatic heterocycles. The Morgan fingerprint density at radius 1 is 1.26 bits per heavy atom. The zero-order valence-corrected chi connectivity index (χ0v) is 13.9. The molecule has 0 aliphatic carbocycles. The minimum atomic E-state index is 0.493. The number of nitrogens with zero attached hydrogens (tertiary/aromatic N) is 4. The highest BCUT2D eigenvalue weighted by molar-refractivity contribution is 6.30. The number of hydrogen-bond acceptors (Lipinski definition) is 5. The van der Waals surface area contributed by atoms with Crippen LogP contribution in [0.3, 0.4) is 0 Å². The first kappa shape index (κ1) is 15.6. The molecule has 0 amide bonds. The maximum absolute atomic E-state index is 6.05. The first-order valence-corrected chi connectivity index (χ1v) is 8.04. The van der Waals surface area contributed by atoms with Crippen molar-refractivity contribution >= 4 is 34.8 Å². The quantitative estimate of drug-likeness (QED) is 0.668. The van der Waals surface area contributed by atoms with Crippen LogP contribution in [0.5, 0.6) is 0 Å².